The second-order valence-electron chi connectivity index (χ2n) is 2.75. The van der Waals surface area contributed by atoms with Crippen LogP contribution in [0.1, 0.15) is 34.8 Å². The molecule has 0 aromatic carbocycles. The van der Waals surface area contributed by atoms with Gasteiger partial charge in [-0.05, 0) is 12.8 Å². The number of nitrogens with zero attached hydrogens (tertiary/aromatic N) is 1. The van der Waals surface area contributed by atoms with Crippen LogP contribution in [0.4, 0.5) is 0 Å². The zero-order valence-corrected chi connectivity index (χ0v) is 5.91. The Balaban J connectivity index is 2.37. The molecule has 0 spiro atoms. The van der Waals surface area contributed by atoms with Gasteiger partial charge in [-0.15, -0.1) is 0 Å². The second kappa shape index (κ2) is 2.08. The minimum absolute atomic E-state index is 0.413. The highest BCUT2D eigenvalue weighted by atomic mass is 16.5. The molecular weight excluding hydrogens is 144 g/mol. The zero-order valence-electron chi connectivity index (χ0n) is 5.91. The van der Waals surface area contributed by atoms with Crippen LogP contribution in [0.25, 0.3) is 0 Å². The van der Waals surface area contributed by atoms with Crippen LogP contribution < -0.4 is 5.73 Å². The van der Waals surface area contributed by atoms with Crippen molar-refractivity contribution in [3.8, 4) is 0 Å². The molecule has 1 aliphatic rings. The fourth-order valence-electron chi connectivity index (χ4n) is 1.08. The number of nitrogens with two attached hydrogens (primary N) is 1. The smallest absolute Gasteiger partial charge is 0.253 e. The van der Waals surface area contributed by atoms with Gasteiger partial charge in [0.2, 0.25) is 0 Å². The number of amides is 1. The molecule has 1 saturated carbocycles. The minimum Gasteiger partial charge on any atom is -0.365 e. The van der Waals surface area contributed by atoms with E-state index in [4.69, 9.17) is 5.73 Å². The summed E-state index contributed by atoms with van der Waals surface area (Å²) in [4.78, 5) is 10.7. The maximum Gasteiger partial charge on any atom is 0.253 e. The first-order valence-electron chi connectivity index (χ1n) is 3.53. The van der Waals surface area contributed by atoms with Gasteiger partial charge in [0.1, 0.15) is 11.8 Å². The summed E-state index contributed by atoms with van der Waals surface area (Å²) in [6.07, 6.45) is 3.50. The minimum atomic E-state index is -0.451. The van der Waals surface area contributed by atoms with Crippen molar-refractivity contribution >= 4 is 5.91 Å². The highest BCUT2D eigenvalue weighted by molar-refractivity contribution is 5.93. The molecule has 0 aliphatic heterocycles. The van der Waals surface area contributed by atoms with E-state index in [0.29, 0.717) is 11.5 Å². The van der Waals surface area contributed by atoms with Crippen LogP contribution in [-0.2, 0) is 0 Å². The Hall–Kier alpha value is -1.32. The zero-order chi connectivity index (χ0) is 7.84. The quantitative estimate of drug-likeness (QED) is 0.676. The molecule has 4 nitrogen and oxygen atoms in total. The standard InChI is InChI=1S/C7H8N2O2/c8-7(10)5-3-11-9-6(5)4-1-2-4/h3-4H,1-2H2,(H2,8,10). The van der Waals surface area contributed by atoms with Gasteiger partial charge in [-0.25, -0.2) is 0 Å². The SMILES string of the molecule is NC(=O)c1conc1C1CC1. The number of hydrogen-bond acceptors (Lipinski definition) is 3. The van der Waals surface area contributed by atoms with Crippen LogP contribution in [-0.4, -0.2) is 11.1 Å². The Bertz CT molecular complexity index is 288. The van der Waals surface area contributed by atoms with E-state index < -0.39 is 5.91 Å². The lowest BCUT2D eigenvalue weighted by molar-refractivity contribution is 0.0999. The molecule has 11 heavy (non-hydrogen) atoms. The first-order chi connectivity index (χ1) is 5.29. The number of rotatable bonds is 2. The first-order valence-corrected chi connectivity index (χ1v) is 3.53. The van der Waals surface area contributed by atoms with Crippen molar-refractivity contribution in [3.63, 3.8) is 0 Å². The number of hydrogen-bond donors (Lipinski definition) is 1. The fraction of sp³-hybridized carbons (Fsp3) is 0.429. The molecule has 2 rings (SSSR count). The maximum atomic E-state index is 10.7. The molecule has 1 aliphatic carbocycles. The van der Waals surface area contributed by atoms with Crippen LogP contribution in [0.5, 0.6) is 0 Å². The number of carbonyl (C=O) groups is 1. The molecule has 58 valence electrons. The molecule has 0 unspecified atom stereocenters. The van der Waals surface area contributed by atoms with Crippen molar-refractivity contribution in [2.45, 2.75) is 18.8 Å². The third-order valence-electron chi connectivity index (χ3n) is 1.83. The molecule has 0 bridgehead atoms. The average Bonchev–Trinajstić information content (AvgIpc) is 2.68. The van der Waals surface area contributed by atoms with Crippen LogP contribution in [0.15, 0.2) is 10.8 Å². The molecule has 0 saturated heterocycles. The molecule has 0 atom stereocenters. The van der Waals surface area contributed by atoms with Crippen molar-refractivity contribution in [3.05, 3.63) is 17.5 Å². The average molecular weight is 152 g/mol. The van der Waals surface area contributed by atoms with Gasteiger partial charge < -0.3 is 10.3 Å². The van der Waals surface area contributed by atoms with E-state index in [2.05, 4.69) is 9.68 Å². The van der Waals surface area contributed by atoms with Gasteiger partial charge in [-0.1, -0.05) is 5.16 Å². The highest BCUT2D eigenvalue weighted by Gasteiger charge is 2.30. The fourth-order valence-corrected chi connectivity index (χ4v) is 1.08. The Morgan fingerprint density at radius 3 is 3.00 bits per heavy atom. The second-order valence-corrected chi connectivity index (χ2v) is 2.75. The lowest BCUT2D eigenvalue weighted by Gasteiger charge is -1.90. The summed E-state index contributed by atoms with van der Waals surface area (Å²) in [6.45, 7) is 0. The summed E-state index contributed by atoms with van der Waals surface area (Å²) in [6, 6.07) is 0. The highest BCUT2D eigenvalue weighted by Crippen LogP contribution is 2.40. The third kappa shape index (κ3) is 1.00. The Morgan fingerprint density at radius 2 is 2.45 bits per heavy atom. The molecule has 0 radical (unpaired) electrons. The van der Waals surface area contributed by atoms with E-state index in [1.54, 1.807) is 0 Å². The monoisotopic (exact) mass is 152 g/mol. The summed E-state index contributed by atoms with van der Waals surface area (Å²) in [5.74, 6) is -0.0376. The van der Waals surface area contributed by atoms with E-state index in [0.717, 1.165) is 18.5 Å². The van der Waals surface area contributed by atoms with Gasteiger partial charge in [0.25, 0.3) is 5.91 Å². The summed E-state index contributed by atoms with van der Waals surface area (Å²) >= 11 is 0. The van der Waals surface area contributed by atoms with Crippen LogP contribution in [0.2, 0.25) is 0 Å². The summed E-state index contributed by atoms with van der Waals surface area (Å²) in [7, 11) is 0. The molecule has 2 N–H and O–H groups in total. The van der Waals surface area contributed by atoms with Gasteiger partial charge in [0.05, 0.1) is 5.69 Å². The lowest BCUT2D eigenvalue weighted by atomic mass is 10.2. The predicted octanol–water partition coefficient (Wildman–Crippen LogP) is 0.651. The normalized spacial score (nSPS) is 16.7. The largest absolute Gasteiger partial charge is 0.365 e. The van der Waals surface area contributed by atoms with Crippen LogP contribution >= 0.6 is 0 Å². The number of carbonyl (C=O) groups excluding carboxylic acids is 1. The lowest BCUT2D eigenvalue weighted by Crippen LogP contribution is -2.11. The van der Waals surface area contributed by atoms with Gasteiger partial charge in [-0.3, -0.25) is 4.79 Å². The summed E-state index contributed by atoms with van der Waals surface area (Å²) < 4.78 is 4.66. The van der Waals surface area contributed by atoms with Crippen LogP contribution in [0, 0.1) is 0 Å². The Morgan fingerprint density at radius 1 is 1.73 bits per heavy atom. The van der Waals surface area contributed by atoms with Crippen molar-refractivity contribution in [1.29, 1.82) is 0 Å². The first kappa shape index (κ1) is 6.39. The van der Waals surface area contributed by atoms with Gasteiger partial charge in [0, 0.05) is 5.92 Å². The molecular formula is C7H8N2O2. The van der Waals surface area contributed by atoms with Crippen LogP contribution in [0.3, 0.4) is 0 Å². The van der Waals surface area contributed by atoms with Crippen molar-refractivity contribution in [2.24, 2.45) is 5.73 Å². The molecule has 1 heterocycles. The Labute approximate surface area is 63.4 Å². The number of primary amides is 1. The van der Waals surface area contributed by atoms with E-state index in [1.165, 1.54) is 6.26 Å². The van der Waals surface area contributed by atoms with Crippen molar-refractivity contribution < 1.29 is 9.32 Å². The summed E-state index contributed by atoms with van der Waals surface area (Å²) in [5.41, 5.74) is 6.26. The van der Waals surface area contributed by atoms with E-state index in [9.17, 15) is 4.79 Å². The van der Waals surface area contributed by atoms with E-state index in [1.807, 2.05) is 0 Å². The predicted molar refractivity (Wildman–Crippen MR) is 37.0 cm³/mol. The van der Waals surface area contributed by atoms with Gasteiger partial charge in [0.15, 0.2) is 0 Å². The van der Waals surface area contributed by atoms with Crippen molar-refractivity contribution in [2.75, 3.05) is 0 Å². The topological polar surface area (TPSA) is 69.1 Å². The molecule has 1 amide bonds. The van der Waals surface area contributed by atoms with E-state index >= 15 is 0 Å². The molecule has 1 aromatic rings. The summed E-state index contributed by atoms with van der Waals surface area (Å²) in [5, 5.41) is 3.72. The van der Waals surface area contributed by atoms with Crippen molar-refractivity contribution in [1.82, 2.24) is 5.16 Å². The van der Waals surface area contributed by atoms with Gasteiger partial charge >= 0.3 is 0 Å². The molecule has 1 aromatic heterocycles. The maximum absolute atomic E-state index is 10.7. The van der Waals surface area contributed by atoms with Gasteiger partial charge in [-0.2, -0.15) is 0 Å². The molecule has 1 fully saturated rings. The third-order valence-corrected chi connectivity index (χ3v) is 1.83. The van der Waals surface area contributed by atoms with E-state index in [-0.39, 0.29) is 0 Å². The molecule has 4 heteroatoms. The number of aromatic nitrogens is 1. The Kier molecular flexibility index (Phi) is 1.21.